The first-order valence-corrected chi connectivity index (χ1v) is 7.79. The number of rotatable bonds is 3. The highest BCUT2D eigenvalue weighted by Gasteiger charge is 2.57. The number of hydrogen-bond donors (Lipinski definition) is 2. The predicted molar refractivity (Wildman–Crippen MR) is 80.3 cm³/mol. The van der Waals surface area contributed by atoms with Crippen LogP contribution in [0.4, 0.5) is 4.39 Å². The maximum Gasteiger partial charge on any atom is 0.224 e. The zero-order valence-corrected chi connectivity index (χ0v) is 12.7. The number of hydrogen-bond acceptors (Lipinski definition) is 2. The van der Waals surface area contributed by atoms with Crippen LogP contribution in [0.1, 0.15) is 43.4 Å². The molecule has 1 spiro atoms. The van der Waals surface area contributed by atoms with Crippen LogP contribution < -0.4 is 10.6 Å². The lowest BCUT2D eigenvalue weighted by Crippen LogP contribution is -2.34. The van der Waals surface area contributed by atoms with Gasteiger partial charge >= 0.3 is 0 Å². The quantitative estimate of drug-likeness (QED) is 0.898. The van der Waals surface area contributed by atoms with E-state index in [1.165, 1.54) is 6.07 Å². The molecule has 0 bridgehead atoms. The molecular formula is C17H23FN2O. The van der Waals surface area contributed by atoms with Gasteiger partial charge in [0.1, 0.15) is 5.82 Å². The molecule has 2 atom stereocenters. The number of nitrogens with one attached hydrogen (secondary N) is 2. The van der Waals surface area contributed by atoms with Crippen LogP contribution in [0.15, 0.2) is 18.2 Å². The van der Waals surface area contributed by atoms with Crippen molar-refractivity contribution in [3.63, 3.8) is 0 Å². The number of benzene rings is 1. The largest absolute Gasteiger partial charge is 0.349 e. The van der Waals surface area contributed by atoms with E-state index in [9.17, 15) is 9.18 Å². The fourth-order valence-electron chi connectivity index (χ4n) is 3.53. The molecular weight excluding hydrogens is 267 g/mol. The van der Waals surface area contributed by atoms with Gasteiger partial charge in [-0.2, -0.15) is 0 Å². The monoisotopic (exact) mass is 290 g/mol. The molecule has 0 aromatic heterocycles. The van der Waals surface area contributed by atoms with Crippen LogP contribution in [-0.4, -0.2) is 19.0 Å². The minimum atomic E-state index is -0.201. The smallest absolute Gasteiger partial charge is 0.224 e. The fraction of sp³-hybridized carbons (Fsp3) is 0.588. The van der Waals surface area contributed by atoms with Crippen molar-refractivity contribution in [2.45, 2.75) is 39.2 Å². The van der Waals surface area contributed by atoms with Crippen molar-refractivity contribution in [2.75, 3.05) is 13.1 Å². The molecule has 1 aromatic rings. The summed E-state index contributed by atoms with van der Waals surface area (Å²) in [5.41, 5.74) is 1.84. The number of piperidine rings is 1. The zero-order chi connectivity index (χ0) is 15.0. The molecule has 1 aliphatic carbocycles. The molecule has 2 aliphatic rings. The predicted octanol–water partition coefficient (Wildman–Crippen LogP) is 2.70. The van der Waals surface area contributed by atoms with Crippen molar-refractivity contribution in [1.29, 1.82) is 0 Å². The third-order valence-electron chi connectivity index (χ3n) is 5.15. The molecule has 3 nitrogen and oxygen atoms in total. The Labute approximate surface area is 125 Å². The number of aryl methyl sites for hydroxylation is 1. The Morgan fingerprint density at radius 1 is 1.43 bits per heavy atom. The Balaban J connectivity index is 1.61. The van der Waals surface area contributed by atoms with E-state index in [1.54, 1.807) is 13.0 Å². The molecule has 0 radical (unpaired) electrons. The molecule has 1 saturated heterocycles. The summed E-state index contributed by atoms with van der Waals surface area (Å²) in [6, 6.07) is 4.96. The number of carbonyl (C=O) groups excluding carboxylic acids is 1. The average molecular weight is 290 g/mol. The van der Waals surface area contributed by atoms with E-state index in [0.29, 0.717) is 5.56 Å². The summed E-state index contributed by atoms with van der Waals surface area (Å²) >= 11 is 0. The lowest BCUT2D eigenvalue weighted by Gasteiger charge is -2.24. The molecule has 114 valence electrons. The van der Waals surface area contributed by atoms with Crippen molar-refractivity contribution < 1.29 is 9.18 Å². The normalized spacial score (nSPS) is 24.6. The van der Waals surface area contributed by atoms with Gasteiger partial charge in [0, 0.05) is 5.92 Å². The van der Waals surface area contributed by atoms with Crippen LogP contribution in [0.3, 0.4) is 0 Å². The summed E-state index contributed by atoms with van der Waals surface area (Å²) in [6.07, 6.45) is 3.24. The summed E-state index contributed by atoms with van der Waals surface area (Å²) in [5, 5.41) is 6.45. The van der Waals surface area contributed by atoms with Crippen LogP contribution in [0.25, 0.3) is 0 Å². The Kier molecular flexibility index (Phi) is 3.74. The van der Waals surface area contributed by atoms with E-state index in [2.05, 4.69) is 10.6 Å². The third-order valence-corrected chi connectivity index (χ3v) is 5.15. The first-order valence-electron chi connectivity index (χ1n) is 7.79. The van der Waals surface area contributed by atoms with Gasteiger partial charge in [-0.25, -0.2) is 4.39 Å². The van der Waals surface area contributed by atoms with Crippen molar-refractivity contribution in [1.82, 2.24) is 10.6 Å². The highest BCUT2D eigenvalue weighted by atomic mass is 19.1. The highest BCUT2D eigenvalue weighted by molar-refractivity contribution is 5.83. The van der Waals surface area contributed by atoms with E-state index >= 15 is 0 Å². The molecule has 21 heavy (non-hydrogen) atoms. The van der Waals surface area contributed by atoms with Crippen molar-refractivity contribution >= 4 is 5.91 Å². The second-order valence-corrected chi connectivity index (χ2v) is 6.61. The minimum Gasteiger partial charge on any atom is -0.349 e. The zero-order valence-electron chi connectivity index (χ0n) is 12.7. The summed E-state index contributed by atoms with van der Waals surface area (Å²) < 4.78 is 13.3. The number of halogens is 1. The van der Waals surface area contributed by atoms with Gasteiger partial charge in [0.15, 0.2) is 0 Å². The lowest BCUT2D eigenvalue weighted by atomic mass is 9.91. The van der Waals surface area contributed by atoms with Gasteiger partial charge in [-0.1, -0.05) is 12.1 Å². The first kappa shape index (κ1) is 14.5. The standard InChI is InChI=1S/C17H23FN2O/c1-11-9-13(3-4-15(11)18)12(2)20-16(21)14-10-17(14)5-7-19-8-6-17/h3-4,9,12,14,19H,5-8,10H2,1-2H3,(H,20,21). The SMILES string of the molecule is Cc1cc(C(C)NC(=O)C2CC23CCNCC3)ccc1F. The maximum absolute atomic E-state index is 13.3. The Morgan fingerprint density at radius 2 is 2.14 bits per heavy atom. The number of carbonyl (C=O) groups is 1. The van der Waals surface area contributed by atoms with Gasteiger partial charge in [0.25, 0.3) is 0 Å². The van der Waals surface area contributed by atoms with E-state index in [4.69, 9.17) is 0 Å². The molecule has 1 aromatic carbocycles. The molecule has 3 rings (SSSR count). The summed E-state index contributed by atoms with van der Waals surface area (Å²) in [5.74, 6) is 0.128. The van der Waals surface area contributed by atoms with Crippen molar-refractivity contribution in [3.05, 3.63) is 35.1 Å². The third kappa shape index (κ3) is 2.82. The maximum atomic E-state index is 13.3. The van der Waals surface area contributed by atoms with Gasteiger partial charge in [-0.15, -0.1) is 0 Å². The molecule has 1 saturated carbocycles. The molecule has 1 heterocycles. The van der Waals surface area contributed by atoms with Gasteiger partial charge in [0.2, 0.25) is 5.91 Å². The van der Waals surface area contributed by atoms with Crippen LogP contribution in [0, 0.1) is 24.1 Å². The Bertz CT molecular complexity index is 552. The molecule has 1 aliphatic heterocycles. The van der Waals surface area contributed by atoms with Crippen LogP contribution in [0.2, 0.25) is 0 Å². The minimum absolute atomic E-state index is 0.0730. The topological polar surface area (TPSA) is 41.1 Å². The summed E-state index contributed by atoms with van der Waals surface area (Å²) in [4.78, 5) is 12.4. The highest BCUT2D eigenvalue weighted by Crippen LogP contribution is 2.58. The van der Waals surface area contributed by atoms with Crippen LogP contribution in [-0.2, 0) is 4.79 Å². The van der Waals surface area contributed by atoms with Crippen LogP contribution >= 0.6 is 0 Å². The fourth-order valence-corrected chi connectivity index (χ4v) is 3.53. The van der Waals surface area contributed by atoms with Crippen molar-refractivity contribution in [2.24, 2.45) is 11.3 Å². The number of amides is 1. The molecule has 1 amide bonds. The summed E-state index contributed by atoms with van der Waals surface area (Å²) in [6.45, 7) is 5.76. The van der Waals surface area contributed by atoms with E-state index in [0.717, 1.165) is 37.9 Å². The second kappa shape index (κ2) is 5.41. The van der Waals surface area contributed by atoms with Crippen molar-refractivity contribution in [3.8, 4) is 0 Å². The van der Waals surface area contributed by atoms with E-state index in [1.807, 2.05) is 13.0 Å². The first-order chi connectivity index (χ1) is 10.0. The van der Waals surface area contributed by atoms with Crippen LogP contribution in [0.5, 0.6) is 0 Å². The van der Waals surface area contributed by atoms with E-state index < -0.39 is 0 Å². The molecule has 4 heteroatoms. The molecule has 2 N–H and O–H groups in total. The molecule has 2 fully saturated rings. The Morgan fingerprint density at radius 3 is 2.81 bits per heavy atom. The van der Waals surface area contributed by atoms with E-state index in [-0.39, 0.29) is 29.1 Å². The van der Waals surface area contributed by atoms with Gasteiger partial charge in [0.05, 0.1) is 6.04 Å². The molecule has 2 unspecified atom stereocenters. The average Bonchev–Trinajstić information content (AvgIpc) is 3.16. The second-order valence-electron chi connectivity index (χ2n) is 6.61. The van der Waals surface area contributed by atoms with Gasteiger partial charge in [-0.3, -0.25) is 4.79 Å². The summed E-state index contributed by atoms with van der Waals surface area (Å²) in [7, 11) is 0. The van der Waals surface area contributed by atoms with Gasteiger partial charge < -0.3 is 10.6 Å². The van der Waals surface area contributed by atoms with Gasteiger partial charge in [-0.05, 0) is 68.8 Å². The Hall–Kier alpha value is -1.42. The lowest BCUT2D eigenvalue weighted by molar-refractivity contribution is -0.123.